The molecule has 1 aromatic carbocycles. The largest absolute Gasteiger partial charge is 0.487 e. The van der Waals surface area contributed by atoms with Crippen molar-refractivity contribution in [3.05, 3.63) is 54.5 Å². The monoisotopic (exact) mass is 553 g/mol. The Kier molecular flexibility index (Phi) is 7.50. The SMILES string of the molecule is FC(F)(F)c1cnc(Oc2cc(Br)c(OCC=C(Cl)Cl)c(Br)c2)c(Cl)c1. The normalized spacial score (nSPS) is 11.2. The lowest BCUT2D eigenvalue weighted by atomic mass is 10.3. The van der Waals surface area contributed by atoms with Crippen molar-refractivity contribution in [1.82, 2.24) is 4.98 Å². The van der Waals surface area contributed by atoms with Crippen molar-refractivity contribution in [3.63, 3.8) is 0 Å². The summed E-state index contributed by atoms with van der Waals surface area (Å²) >= 11 is 23.5. The highest BCUT2D eigenvalue weighted by molar-refractivity contribution is 9.11. The van der Waals surface area contributed by atoms with E-state index in [2.05, 4.69) is 36.8 Å². The molecule has 0 aliphatic heterocycles. The average Bonchev–Trinajstić information content (AvgIpc) is 2.50. The summed E-state index contributed by atoms with van der Waals surface area (Å²) in [6.45, 7) is 0.131. The third kappa shape index (κ3) is 5.92. The van der Waals surface area contributed by atoms with Crippen molar-refractivity contribution < 1.29 is 22.6 Å². The van der Waals surface area contributed by atoms with Crippen molar-refractivity contribution in [2.75, 3.05) is 6.61 Å². The first kappa shape index (κ1) is 21.6. The highest BCUT2D eigenvalue weighted by atomic mass is 79.9. The molecule has 0 atom stereocenters. The molecular weight excluding hydrogens is 549 g/mol. The molecule has 0 bridgehead atoms. The van der Waals surface area contributed by atoms with E-state index in [0.717, 1.165) is 6.07 Å². The van der Waals surface area contributed by atoms with Crippen LogP contribution in [0.1, 0.15) is 5.56 Å². The number of ether oxygens (including phenoxy) is 2. The van der Waals surface area contributed by atoms with Crippen LogP contribution in [0.25, 0.3) is 0 Å². The smallest absolute Gasteiger partial charge is 0.417 e. The second-order valence-electron chi connectivity index (χ2n) is 4.63. The minimum atomic E-state index is -4.54. The van der Waals surface area contributed by atoms with E-state index in [-0.39, 0.29) is 27.8 Å². The van der Waals surface area contributed by atoms with Crippen LogP contribution in [0.2, 0.25) is 5.02 Å². The van der Waals surface area contributed by atoms with Gasteiger partial charge in [0.15, 0.2) is 0 Å². The molecule has 0 radical (unpaired) electrons. The second kappa shape index (κ2) is 9.01. The number of rotatable bonds is 5. The molecule has 0 fully saturated rings. The lowest BCUT2D eigenvalue weighted by molar-refractivity contribution is -0.137. The lowest BCUT2D eigenvalue weighted by Crippen LogP contribution is -2.05. The van der Waals surface area contributed by atoms with Crippen LogP contribution < -0.4 is 9.47 Å². The van der Waals surface area contributed by atoms with Crippen molar-refractivity contribution >= 4 is 66.7 Å². The van der Waals surface area contributed by atoms with E-state index in [1.54, 1.807) is 12.1 Å². The molecule has 0 saturated heterocycles. The molecular formula is C15H7Br2Cl3F3NO2. The molecule has 3 nitrogen and oxygen atoms in total. The van der Waals surface area contributed by atoms with Crippen LogP contribution in [0.4, 0.5) is 13.2 Å². The Morgan fingerprint density at radius 2 is 1.77 bits per heavy atom. The van der Waals surface area contributed by atoms with Gasteiger partial charge in [-0.15, -0.1) is 0 Å². The average molecular weight is 556 g/mol. The summed E-state index contributed by atoms with van der Waals surface area (Å²) in [5, 5.41) is -0.269. The molecule has 0 saturated carbocycles. The summed E-state index contributed by atoms with van der Waals surface area (Å²) in [7, 11) is 0. The first-order chi connectivity index (χ1) is 12.1. The topological polar surface area (TPSA) is 31.4 Å². The van der Waals surface area contributed by atoms with Crippen molar-refractivity contribution in [3.8, 4) is 17.4 Å². The predicted octanol–water partition coefficient (Wildman–Crippen LogP) is 7.77. The van der Waals surface area contributed by atoms with Gasteiger partial charge in [0.25, 0.3) is 0 Å². The number of hydrogen-bond acceptors (Lipinski definition) is 3. The number of hydrogen-bond donors (Lipinski definition) is 0. The zero-order valence-corrected chi connectivity index (χ0v) is 17.8. The molecule has 2 rings (SSSR count). The molecule has 1 aromatic heterocycles. The van der Waals surface area contributed by atoms with E-state index in [1.807, 2.05) is 0 Å². The molecule has 11 heteroatoms. The second-order valence-corrected chi connectivity index (χ2v) is 7.76. The Morgan fingerprint density at radius 1 is 1.15 bits per heavy atom. The first-order valence-corrected chi connectivity index (χ1v) is 9.33. The Bertz CT molecular complexity index is 820. The zero-order valence-electron chi connectivity index (χ0n) is 12.4. The van der Waals surface area contributed by atoms with E-state index < -0.39 is 11.7 Å². The number of alkyl halides is 3. The first-order valence-electron chi connectivity index (χ1n) is 6.61. The molecule has 0 unspecified atom stereocenters. The summed E-state index contributed by atoms with van der Waals surface area (Å²) in [5.41, 5.74) is -0.966. The van der Waals surface area contributed by atoms with Crippen LogP contribution in [0.5, 0.6) is 17.4 Å². The minimum Gasteiger partial charge on any atom is -0.487 e. The highest BCUT2D eigenvalue weighted by Gasteiger charge is 2.31. The van der Waals surface area contributed by atoms with Crippen LogP contribution in [0, 0.1) is 0 Å². The van der Waals surface area contributed by atoms with Crippen molar-refractivity contribution in [2.45, 2.75) is 6.18 Å². The molecule has 2 aromatic rings. The number of pyridine rings is 1. The fraction of sp³-hybridized carbons (Fsp3) is 0.133. The maximum absolute atomic E-state index is 12.6. The van der Waals surface area contributed by atoms with E-state index in [0.29, 0.717) is 20.9 Å². The predicted molar refractivity (Wildman–Crippen MR) is 101 cm³/mol. The molecule has 1 heterocycles. The number of nitrogens with zero attached hydrogens (tertiary/aromatic N) is 1. The Hall–Kier alpha value is -0.670. The van der Waals surface area contributed by atoms with Gasteiger partial charge < -0.3 is 9.47 Å². The van der Waals surface area contributed by atoms with Crippen LogP contribution in [0.15, 0.2) is 43.9 Å². The molecule has 0 spiro atoms. The lowest BCUT2D eigenvalue weighted by Gasteiger charge is -2.13. The van der Waals surface area contributed by atoms with Gasteiger partial charge in [-0.05, 0) is 56.1 Å². The van der Waals surface area contributed by atoms with E-state index in [4.69, 9.17) is 44.3 Å². The fourth-order valence-corrected chi connectivity index (χ4v) is 3.39. The molecule has 0 N–H and O–H groups in total. The van der Waals surface area contributed by atoms with E-state index in [1.165, 1.54) is 6.08 Å². The summed E-state index contributed by atoms with van der Waals surface area (Å²) in [6, 6.07) is 3.83. The van der Waals surface area contributed by atoms with Gasteiger partial charge in [-0.3, -0.25) is 0 Å². The molecule has 0 amide bonds. The number of benzene rings is 1. The zero-order chi connectivity index (χ0) is 19.5. The van der Waals surface area contributed by atoms with Crippen LogP contribution in [-0.4, -0.2) is 11.6 Å². The van der Waals surface area contributed by atoms with Gasteiger partial charge in [-0.2, -0.15) is 13.2 Å². The van der Waals surface area contributed by atoms with Crippen molar-refractivity contribution in [1.29, 1.82) is 0 Å². The molecule has 0 aliphatic carbocycles. The van der Waals surface area contributed by atoms with Gasteiger partial charge >= 0.3 is 6.18 Å². The van der Waals surface area contributed by atoms with E-state index >= 15 is 0 Å². The van der Waals surface area contributed by atoms with Crippen LogP contribution in [-0.2, 0) is 6.18 Å². The van der Waals surface area contributed by atoms with Gasteiger partial charge in [0.1, 0.15) is 27.6 Å². The quantitative estimate of drug-likeness (QED) is 0.377. The van der Waals surface area contributed by atoms with Gasteiger partial charge in [0, 0.05) is 6.20 Å². The third-order valence-corrected chi connectivity index (χ3v) is 4.54. The Morgan fingerprint density at radius 3 is 2.27 bits per heavy atom. The molecule has 0 aliphatic rings. The van der Waals surface area contributed by atoms with Gasteiger partial charge in [0.05, 0.1) is 14.5 Å². The van der Waals surface area contributed by atoms with Gasteiger partial charge in [-0.25, -0.2) is 4.98 Å². The van der Waals surface area contributed by atoms with Crippen LogP contribution in [0.3, 0.4) is 0 Å². The highest BCUT2D eigenvalue weighted by Crippen LogP contribution is 2.40. The van der Waals surface area contributed by atoms with Gasteiger partial charge in [0.2, 0.25) is 5.88 Å². The fourth-order valence-electron chi connectivity index (χ4n) is 1.69. The summed E-state index contributed by atoms with van der Waals surface area (Å²) < 4.78 is 50.0. The van der Waals surface area contributed by atoms with Crippen LogP contribution >= 0.6 is 66.7 Å². The number of aromatic nitrogens is 1. The Labute approximate surface area is 178 Å². The maximum Gasteiger partial charge on any atom is 0.417 e. The standard InChI is InChI=1S/C15H7Br2Cl3F3NO2/c16-9-4-8(5-10(17)13(9)25-2-1-12(19)20)26-14-11(18)3-7(6-24-14)15(21,22)23/h1,3-6H,2H2. The summed E-state index contributed by atoms with van der Waals surface area (Å²) in [6.07, 6.45) is -2.44. The maximum atomic E-state index is 12.6. The third-order valence-electron chi connectivity index (χ3n) is 2.79. The number of halogens is 8. The summed E-state index contributed by atoms with van der Waals surface area (Å²) in [4.78, 5) is 3.62. The Balaban J connectivity index is 2.22. The summed E-state index contributed by atoms with van der Waals surface area (Å²) in [5.74, 6) is 0.565. The van der Waals surface area contributed by atoms with E-state index in [9.17, 15) is 13.2 Å². The van der Waals surface area contributed by atoms with Gasteiger partial charge in [-0.1, -0.05) is 34.8 Å². The molecule has 140 valence electrons. The van der Waals surface area contributed by atoms with Crippen molar-refractivity contribution in [2.24, 2.45) is 0 Å². The minimum absolute atomic E-state index is 0.0696. The molecule has 26 heavy (non-hydrogen) atoms.